The van der Waals surface area contributed by atoms with Gasteiger partial charge in [-0.15, -0.1) is 0 Å². The second-order valence-corrected chi connectivity index (χ2v) is 11.2. The number of benzene rings is 3. The van der Waals surface area contributed by atoms with Crippen LogP contribution < -0.4 is 10.6 Å². The molecule has 0 spiro atoms. The standard InChI is InChI=1S/C29H22F3N5O4S/c1-17-6-10-22(11-7-17)42(40,41)37-13-12-23-25(33-16-34-26(23)37)28(39)36-24-15-21(9-8-18(24)2)35-27(38)19-4-3-5-20(14-19)29(30,31)32/h3-16H,1-2H3,(H,35,38)(H,36,39). The van der Waals surface area contributed by atoms with Crippen LogP contribution in [0.2, 0.25) is 0 Å². The lowest BCUT2D eigenvalue weighted by molar-refractivity contribution is -0.137. The van der Waals surface area contributed by atoms with Gasteiger partial charge in [0.1, 0.15) is 12.0 Å². The van der Waals surface area contributed by atoms with E-state index in [1.165, 1.54) is 42.6 Å². The van der Waals surface area contributed by atoms with Gasteiger partial charge in [-0.1, -0.05) is 29.8 Å². The Bertz CT molecular complexity index is 1950. The highest BCUT2D eigenvalue weighted by Gasteiger charge is 2.31. The Hall–Kier alpha value is -5.04. The van der Waals surface area contributed by atoms with Gasteiger partial charge in [-0.25, -0.2) is 22.4 Å². The molecule has 42 heavy (non-hydrogen) atoms. The van der Waals surface area contributed by atoms with Crippen molar-refractivity contribution < 1.29 is 31.2 Å². The number of rotatable bonds is 6. The van der Waals surface area contributed by atoms with Crippen molar-refractivity contribution in [2.24, 2.45) is 0 Å². The quantitative estimate of drug-likeness (QED) is 0.256. The van der Waals surface area contributed by atoms with Gasteiger partial charge in [0.25, 0.3) is 21.8 Å². The average Bonchev–Trinajstić information content (AvgIpc) is 3.40. The van der Waals surface area contributed by atoms with Crippen molar-refractivity contribution in [1.82, 2.24) is 13.9 Å². The van der Waals surface area contributed by atoms with E-state index in [9.17, 15) is 31.2 Å². The van der Waals surface area contributed by atoms with E-state index in [1.807, 2.05) is 6.92 Å². The summed E-state index contributed by atoms with van der Waals surface area (Å²) < 4.78 is 66.6. The molecule has 5 aromatic rings. The molecule has 3 aromatic carbocycles. The number of nitrogens with one attached hydrogen (secondary N) is 2. The Morgan fingerprint density at radius 3 is 2.31 bits per heavy atom. The van der Waals surface area contributed by atoms with Gasteiger partial charge in [0.05, 0.1) is 15.8 Å². The molecule has 0 aliphatic heterocycles. The molecule has 2 amide bonds. The number of hydrogen-bond donors (Lipinski definition) is 2. The van der Waals surface area contributed by atoms with Gasteiger partial charge in [0.2, 0.25) is 0 Å². The molecule has 0 aliphatic carbocycles. The third-order valence-corrected chi connectivity index (χ3v) is 8.12. The summed E-state index contributed by atoms with van der Waals surface area (Å²) in [6, 6.07) is 16.3. The molecule has 0 radical (unpaired) electrons. The number of fused-ring (bicyclic) bond motifs is 1. The number of carbonyl (C=O) groups excluding carboxylic acids is 2. The summed E-state index contributed by atoms with van der Waals surface area (Å²) >= 11 is 0. The summed E-state index contributed by atoms with van der Waals surface area (Å²) in [6.45, 7) is 3.54. The summed E-state index contributed by atoms with van der Waals surface area (Å²) in [5.74, 6) is -1.44. The number of anilines is 2. The van der Waals surface area contributed by atoms with Crippen LogP contribution >= 0.6 is 0 Å². The molecule has 214 valence electrons. The fraction of sp³-hybridized carbons (Fsp3) is 0.103. The summed E-state index contributed by atoms with van der Waals surface area (Å²) in [6.07, 6.45) is -2.23. The van der Waals surface area contributed by atoms with E-state index in [4.69, 9.17) is 0 Å². The van der Waals surface area contributed by atoms with E-state index in [2.05, 4.69) is 20.6 Å². The lowest BCUT2D eigenvalue weighted by Crippen LogP contribution is -2.17. The summed E-state index contributed by atoms with van der Waals surface area (Å²) in [5.41, 5.74) is 0.799. The van der Waals surface area contributed by atoms with Gasteiger partial charge in [-0.2, -0.15) is 13.2 Å². The molecule has 2 N–H and O–H groups in total. The zero-order valence-electron chi connectivity index (χ0n) is 22.1. The summed E-state index contributed by atoms with van der Waals surface area (Å²) in [5, 5.41) is 5.42. The number of nitrogens with zero attached hydrogens (tertiary/aromatic N) is 3. The van der Waals surface area contributed by atoms with E-state index in [-0.39, 0.29) is 32.9 Å². The monoisotopic (exact) mass is 593 g/mol. The first-order valence-corrected chi connectivity index (χ1v) is 13.8. The van der Waals surface area contributed by atoms with Crippen molar-refractivity contribution in [3.63, 3.8) is 0 Å². The largest absolute Gasteiger partial charge is 0.416 e. The van der Waals surface area contributed by atoms with Crippen molar-refractivity contribution in [2.75, 3.05) is 10.6 Å². The van der Waals surface area contributed by atoms with Crippen LogP contribution in [-0.2, 0) is 16.2 Å². The number of aromatic nitrogens is 3. The predicted octanol–water partition coefficient (Wildman–Crippen LogP) is 5.81. The van der Waals surface area contributed by atoms with E-state index in [0.29, 0.717) is 11.3 Å². The van der Waals surface area contributed by atoms with Crippen LogP contribution in [0.4, 0.5) is 24.5 Å². The molecular weight excluding hydrogens is 571 g/mol. The fourth-order valence-electron chi connectivity index (χ4n) is 4.18. The van der Waals surface area contributed by atoms with E-state index >= 15 is 0 Å². The number of halogens is 3. The number of hydrogen-bond acceptors (Lipinski definition) is 6. The predicted molar refractivity (Wildman–Crippen MR) is 150 cm³/mol. The van der Waals surface area contributed by atoms with Crippen molar-refractivity contribution in [3.8, 4) is 0 Å². The molecule has 13 heteroatoms. The third kappa shape index (κ3) is 5.59. The lowest BCUT2D eigenvalue weighted by Gasteiger charge is -2.13. The molecule has 0 fully saturated rings. The SMILES string of the molecule is Cc1ccc(S(=O)(=O)n2ccc3c(C(=O)Nc4cc(NC(=O)c5cccc(C(F)(F)F)c5)ccc4C)ncnc32)cc1. The van der Waals surface area contributed by atoms with E-state index in [1.54, 1.807) is 25.1 Å². The van der Waals surface area contributed by atoms with Crippen LogP contribution in [0.1, 0.15) is 37.5 Å². The highest BCUT2D eigenvalue weighted by atomic mass is 32.2. The third-order valence-electron chi connectivity index (χ3n) is 6.44. The second-order valence-electron chi connectivity index (χ2n) is 9.41. The van der Waals surface area contributed by atoms with E-state index in [0.717, 1.165) is 34.1 Å². The molecule has 2 aromatic heterocycles. The number of aryl methyl sites for hydroxylation is 2. The first kappa shape index (κ1) is 28.5. The van der Waals surface area contributed by atoms with Gasteiger partial charge >= 0.3 is 6.18 Å². The van der Waals surface area contributed by atoms with Crippen LogP contribution in [0, 0.1) is 13.8 Å². The molecular formula is C29H22F3N5O4S. The van der Waals surface area contributed by atoms with Gasteiger partial charge < -0.3 is 10.6 Å². The zero-order valence-corrected chi connectivity index (χ0v) is 22.9. The maximum Gasteiger partial charge on any atom is 0.416 e. The van der Waals surface area contributed by atoms with Gasteiger partial charge in [-0.3, -0.25) is 9.59 Å². The van der Waals surface area contributed by atoms with Crippen LogP contribution in [0.3, 0.4) is 0 Å². The number of alkyl halides is 3. The normalized spacial score (nSPS) is 11.8. The summed E-state index contributed by atoms with van der Waals surface area (Å²) in [7, 11) is -4.01. The molecule has 5 rings (SSSR count). The average molecular weight is 594 g/mol. The Kier molecular flexibility index (Phi) is 7.29. The number of amides is 2. The molecule has 2 heterocycles. The van der Waals surface area contributed by atoms with Gasteiger partial charge in [0, 0.05) is 23.1 Å². The smallest absolute Gasteiger partial charge is 0.322 e. The summed E-state index contributed by atoms with van der Waals surface area (Å²) in [4.78, 5) is 34.1. The van der Waals surface area contributed by atoms with Crippen LogP contribution in [0.5, 0.6) is 0 Å². The second kappa shape index (κ2) is 10.7. The maximum atomic E-state index is 13.3. The minimum Gasteiger partial charge on any atom is -0.322 e. The van der Waals surface area contributed by atoms with E-state index < -0.39 is 33.6 Å². The first-order valence-electron chi connectivity index (χ1n) is 12.4. The topological polar surface area (TPSA) is 123 Å². The van der Waals surface area contributed by atoms with Crippen LogP contribution in [0.15, 0.2) is 90.2 Å². The van der Waals surface area contributed by atoms with Crippen molar-refractivity contribution >= 4 is 44.2 Å². The highest BCUT2D eigenvalue weighted by Crippen LogP contribution is 2.30. The molecule has 0 saturated heterocycles. The molecule has 9 nitrogen and oxygen atoms in total. The van der Waals surface area contributed by atoms with Gasteiger partial charge in [-0.05, 0) is 67.9 Å². The first-order chi connectivity index (χ1) is 19.8. The fourth-order valence-corrected chi connectivity index (χ4v) is 5.48. The molecule has 0 saturated carbocycles. The van der Waals surface area contributed by atoms with Crippen LogP contribution in [-0.4, -0.2) is 34.2 Å². The Morgan fingerprint density at radius 1 is 0.857 bits per heavy atom. The lowest BCUT2D eigenvalue weighted by atomic mass is 10.1. The van der Waals surface area contributed by atoms with Gasteiger partial charge in [0.15, 0.2) is 5.65 Å². The number of carbonyl (C=O) groups is 2. The van der Waals surface area contributed by atoms with Crippen molar-refractivity contribution in [3.05, 3.63) is 113 Å². The zero-order chi connectivity index (χ0) is 30.2. The van der Waals surface area contributed by atoms with Crippen LogP contribution in [0.25, 0.3) is 11.0 Å². The molecule has 0 atom stereocenters. The molecule has 0 aliphatic rings. The van der Waals surface area contributed by atoms with Crippen molar-refractivity contribution in [2.45, 2.75) is 24.9 Å². The highest BCUT2D eigenvalue weighted by molar-refractivity contribution is 7.90. The maximum absolute atomic E-state index is 13.3. The Morgan fingerprint density at radius 2 is 1.60 bits per heavy atom. The molecule has 0 unspecified atom stereocenters. The minimum absolute atomic E-state index is 0.00884. The Labute approximate surface area is 238 Å². The molecule has 0 bridgehead atoms. The Balaban J connectivity index is 1.40. The minimum atomic E-state index is -4.60. The van der Waals surface area contributed by atoms with Crippen molar-refractivity contribution in [1.29, 1.82) is 0 Å².